The van der Waals surface area contributed by atoms with Crippen molar-refractivity contribution in [3.05, 3.63) is 47.1 Å². The lowest BCUT2D eigenvalue weighted by Gasteiger charge is -2.06. The van der Waals surface area contributed by atoms with Crippen molar-refractivity contribution in [2.24, 2.45) is 0 Å². The number of aromatic nitrogens is 1. The summed E-state index contributed by atoms with van der Waals surface area (Å²) >= 11 is 5.93. The van der Waals surface area contributed by atoms with Crippen LogP contribution in [-0.4, -0.2) is 17.7 Å². The average Bonchev–Trinajstić information content (AvgIpc) is 2.88. The molecular weight excluding hydrogens is 268 g/mol. The molecule has 6 heteroatoms. The Morgan fingerprint density at radius 3 is 2.95 bits per heavy atom. The number of amides is 1. The number of hydrogen-bond donors (Lipinski definition) is 1. The average molecular weight is 277 g/mol. The maximum Gasteiger partial charge on any atom is 0.256 e. The van der Waals surface area contributed by atoms with Crippen LogP contribution in [0.4, 0.5) is 5.82 Å². The van der Waals surface area contributed by atoms with E-state index in [9.17, 15) is 4.79 Å². The molecule has 1 N–H and O–H groups in total. The molecule has 0 aliphatic carbocycles. The summed E-state index contributed by atoms with van der Waals surface area (Å²) in [7, 11) is 0. The van der Waals surface area contributed by atoms with Gasteiger partial charge in [-0.05, 0) is 30.3 Å². The Morgan fingerprint density at radius 1 is 1.26 bits per heavy atom. The fourth-order valence-corrected chi connectivity index (χ4v) is 1.86. The number of nitrogens with one attached hydrogen (secondary N) is 1. The van der Waals surface area contributed by atoms with Crippen LogP contribution in [0.1, 0.15) is 10.4 Å². The van der Waals surface area contributed by atoms with Crippen LogP contribution < -0.4 is 14.8 Å². The summed E-state index contributed by atoms with van der Waals surface area (Å²) in [6, 6.07) is 8.31. The molecule has 1 aliphatic heterocycles. The zero-order chi connectivity index (χ0) is 13.2. The van der Waals surface area contributed by atoms with E-state index in [-0.39, 0.29) is 12.7 Å². The maximum atomic E-state index is 12.1. The lowest BCUT2D eigenvalue weighted by molar-refractivity contribution is 0.102. The van der Waals surface area contributed by atoms with Gasteiger partial charge in [0.25, 0.3) is 5.91 Å². The molecule has 2 aromatic rings. The maximum absolute atomic E-state index is 12.1. The van der Waals surface area contributed by atoms with Crippen LogP contribution in [0.25, 0.3) is 0 Å². The topological polar surface area (TPSA) is 60.5 Å². The standard InChI is InChI=1S/C13H9ClN2O3/c14-9-2-1-5-15-12(9)16-13(17)8-3-4-10-11(6-8)19-7-18-10/h1-6H,7H2,(H,15,16,17). The van der Waals surface area contributed by atoms with E-state index in [0.29, 0.717) is 27.9 Å². The molecule has 0 saturated carbocycles. The third-order valence-corrected chi connectivity index (χ3v) is 2.93. The predicted molar refractivity (Wildman–Crippen MR) is 69.8 cm³/mol. The Hall–Kier alpha value is -2.27. The number of rotatable bonds is 2. The number of benzene rings is 1. The van der Waals surface area contributed by atoms with Gasteiger partial charge in [-0.3, -0.25) is 4.79 Å². The van der Waals surface area contributed by atoms with Crippen molar-refractivity contribution >= 4 is 23.3 Å². The SMILES string of the molecule is O=C(Nc1ncccc1Cl)c1ccc2c(c1)OCO2. The van der Waals surface area contributed by atoms with Crippen LogP contribution in [0.15, 0.2) is 36.5 Å². The number of pyridine rings is 1. The Morgan fingerprint density at radius 2 is 2.11 bits per heavy atom. The van der Waals surface area contributed by atoms with Gasteiger partial charge in [0.2, 0.25) is 6.79 Å². The van der Waals surface area contributed by atoms with Crippen LogP contribution in [0, 0.1) is 0 Å². The summed E-state index contributed by atoms with van der Waals surface area (Å²) in [5.41, 5.74) is 0.450. The molecule has 96 valence electrons. The van der Waals surface area contributed by atoms with Gasteiger partial charge in [-0.1, -0.05) is 11.6 Å². The highest BCUT2D eigenvalue weighted by atomic mass is 35.5. The van der Waals surface area contributed by atoms with Crippen LogP contribution in [0.3, 0.4) is 0 Å². The lowest BCUT2D eigenvalue weighted by atomic mass is 10.2. The minimum absolute atomic E-state index is 0.173. The van der Waals surface area contributed by atoms with Gasteiger partial charge in [0.1, 0.15) is 0 Å². The van der Waals surface area contributed by atoms with Crippen molar-refractivity contribution in [2.75, 3.05) is 12.1 Å². The fourth-order valence-electron chi connectivity index (χ4n) is 1.70. The molecule has 0 atom stereocenters. The number of ether oxygens (including phenoxy) is 2. The van der Waals surface area contributed by atoms with E-state index >= 15 is 0 Å². The second-order valence-electron chi connectivity index (χ2n) is 3.86. The highest BCUT2D eigenvalue weighted by molar-refractivity contribution is 6.33. The first-order valence-corrected chi connectivity index (χ1v) is 5.93. The summed E-state index contributed by atoms with van der Waals surface area (Å²) in [6.45, 7) is 0.173. The van der Waals surface area contributed by atoms with Gasteiger partial charge in [-0.2, -0.15) is 0 Å². The molecule has 19 heavy (non-hydrogen) atoms. The van der Waals surface area contributed by atoms with Crippen molar-refractivity contribution in [1.82, 2.24) is 4.98 Å². The van der Waals surface area contributed by atoms with Gasteiger partial charge in [0.05, 0.1) is 5.02 Å². The Kier molecular flexibility index (Phi) is 2.97. The molecule has 1 aromatic heterocycles. The first-order valence-electron chi connectivity index (χ1n) is 5.55. The summed E-state index contributed by atoms with van der Waals surface area (Å²) in [5.74, 6) is 1.21. The molecule has 3 rings (SSSR count). The number of halogens is 1. The van der Waals surface area contributed by atoms with E-state index in [1.54, 1.807) is 36.5 Å². The summed E-state index contributed by atoms with van der Waals surface area (Å²) in [6.07, 6.45) is 1.56. The number of hydrogen-bond acceptors (Lipinski definition) is 4. The Balaban J connectivity index is 1.83. The molecule has 0 radical (unpaired) electrons. The van der Waals surface area contributed by atoms with Crippen molar-refractivity contribution in [1.29, 1.82) is 0 Å². The molecule has 2 heterocycles. The largest absolute Gasteiger partial charge is 0.454 e. The third-order valence-electron chi connectivity index (χ3n) is 2.63. The smallest absolute Gasteiger partial charge is 0.256 e. The molecule has 0 bridgehead atoms. The molecule has 0 fully saturated rings. The minimum Gasteiger partial charge on any atom is -0.454 e. The highest BCUT2D eigenvalue weighted by Crippen LogP contribution is 2.32. The lowest BCUT2D eigenvalue weighted by Crippen LogP contribution is -2.13. The van der Waals surface area contributed by atoms with Gasteiger partial charge >= 0.3 is 0 Å². The fraction of sp³-hybridized carbons (Fsp3) is 0.0769. The first-order chi connectivity index (χ1) is 9.24. The van der Waals surface area contributed by atoms with Crippen LogP contribution in [0.2, 0.25) is 5.02 Å². The van der Waals surface area contributed by atoms with E-state index in [4.69, 9.17) is 21.1 Å². The number of nitrogens with zero attached hydrogens (tertiary/aromatic N) is 1. The van der Waals surface area contributed by atoms with Crippen molar-refractivity contribution < 1.29 is 14.3 Å². The Labute approximate surface area is 114 Å². The molecule has 5 nitrogen and oxygen atoms in total. The van der Waals surface area contributed by atoms with Crippen LogP contribution >= 0.6 is 11.6 Å². The molecule has 0 spiro atoms. The number of anilines is 1. The van der Waals surface area contributed by atoms with Crippen molar-refractivity contribution in [3.8, 4) is 11.5 Å². The second kappa shape index (κ2) is 4.78. The van der Waals surface area contributed by atoms with Crippen molar-refractivity contribution in [2.45, 2.75) is 0 Å². The van der Waals surface area contributed by atoms with Crippen LogP contribution in [0.5, 0.6) is 11.5 Å². The normalized spacial score (nSPS) is 12.3. The molecule has 1 amide bonds. The molecule has 1 aromatic carbocycles. The minimum atomic E-state index is -0.307. The quantitative estimate of drug-likeness (QED) is 0.916. The molecule has 0 unspecified atom stereocenters. The van der Waals surface area contributed by atoms with E-state index in [1.165, 1.54) is 0 Å². The first kappa shape index (κ1) is 11.8. The van der Waals surface area contributed by atoms with Gasteiger partial charge in [-0.25, -0.2) is 4.98 Å². The summed E-state index contributed by atoms with van der Waals surface area (Å²) < 4.78 is 10.4. The second-order valence-corrected chi connectivity index (χ2v) is 4.26. The molecular formula is C13H9ClN2O3. The zero-order valence-corrected chi connectivity index (χ0v) is 10.5. The summed E-state index contributed by atoms with van der Waals surface area (Å²) in [5, 5.41) is 3.03. The number of fused-ring (bicyclic) bond motifs is 1. The van der Waals surface area contributed by atoms with Gasteiger partial charge < -0.3 is 14.8 Å². The Bertz CT molecular complexity index is 646. The van der Waals surface area contributed by atoms with Gasteiger partial charge in [-0.15, -0.1) is 0 Å². The molecule has 1 aliphatic rings. The number of carbonyl (C=O) groups is 1. The monoisotopic (exact) mass is 276 g/mol. The predicted octanol–water partition coefficient (Wildman–Crippen LogP) is 2.72. The van der Waals surface area contributed by atoms with Crippen molar-refractivity contribution in [3.63, 3.8) is 0 Å². The van der Waals surface area contributed by atoms with Gasteiger partial charge in [0.15, 0.2) is 17.3 Å². The molecule has 0 saturated heterocycles. The zero-order valence-electron chi connectivity index (χ0n) is 9.72. The van der Waals surface area contributed by atoms with E-state index in [0.717, 1.165) is 0 Å². The number of carbonyl (C=O) groups excluding carboxylic acids is 1. The summed E-state index contributed by atoms with van der Waals surface area (Å²) in [4.78, 5) is 16.1. The van der Waals surface area contributed by atoms with Crippen LogP contribution in [-0.2, 0) is 0 Å². The van der Waals surface area contributed by atoms with Gasteiger partial charge in [0, 0.05) is 11.8 Å². The van der Waals surface area contributed by atoms with E-state index in [2.05, 4.69) is 10.3 Å². The highest BCUT2D eigenvalue weighted by Gasteiger charge is 2.16. The van der Waals surface area contributed by atoms with E-state index in [1.807, 2.05) is 0 Å². The third kappa shape index (κ3) is 2.32. The van der Waals surface area contributed by atoms with E-state index < -0.39 is 0 Å².